The number of hydrogen-bond acceptors (Lipinski definition) is 1. The molecule has 0 saturated heterocycles. The van der Waals surface area contributed by atoms with Crippen LogP contribution in [0.1, 0.15) is 66.2 Å². The van der Waals surface area contributed by atoms with Gasteiger partial charge in [0.05, 0.1) is 0 Å². The highest BCUT2D eigenvalue weighted by molar-refractivity contribution is 5.39. The van der Waals surface area contributed by atoms with Crippen LogP contribution in [0, 0.1) is 0 Å². The molecule has 1 rings (SSSR count). The number of aromatic nitrogens is 1. The molecule has 1 aromatic rings. The fraction of sp³-hybridized carbons (Fsp3) is 0.542. The number of unbranched alkanes of at least 4 members (excludes halogenated alkanes) is 1. The summed E-state index contributed by atoms with van der Waals surface area (Å²) in [6, 6.07) is 4.28. The Kier molecular flexibility index (Phi) is 10.7. The lowest BCUT2D eigenvalue weighted by Gasteiger charge is -2.09. The molecule has 0 atom stereocenters. The Balaban J connectivity index is 2.27. The van der Waals surface area contributed by atoms with Crippen LogP contribution in [-0.2, 0) is 6.54 Å². The largest absolute Gasteiger partial charge is 0.373 e. The van der Waals surface area contributed by atoms with Gasteiger partial charge in [-0.15, -0.1) is 0 Å². The Morgan fingerprint density at radius 1 is 0.923 bits per heavy atom. The maximum atomic E-state index is 2.42. The van der Waals surface area contributed by atoms with E-state index >= 15 is 0 Å². The minimum Gasteiger partial charge on any atom is -0.373 e. The zero-order valence-corrected chi connectivity index (χ0v) is 17.9. The number of anilines is 1. The van der Waals surface area contributed by atoms with Crippen molar-refractivity contribution in [2.24, 2.45) is 0 Å². The average Bonchev–Trinajstić information content (AvgIpc) is 2.58. The summed E-state index contributed by atoms with van der Waals surface area (Å²) in [5, 5.41) is 0. The van der Waals surface area contributed by atoms with Crippen molar-refractivity contribution in [3.63, 3.8) is 0 Å². The molecule has 0 spiro atoms. The second kappa shape index (κ2) is 12.5. The first kappa shape index (κ1) is 22.2. The summed E-state index contributed by atoms with van der Waals surface area (Å²) in [7, 11) is 4.17. The van der Waals surface area contributed by atoms with E-state index in [0.29, 0.717) is 0 Å². The van der Waals surface area contributed by atoms with Gasteiger partial charge in [-0.05, 0) is 65.9 Å². The third-order valence-corrected chi connectivity index (χ3v) is 4.59. The highest BCUT2D eigenvalue weighted by atomic mass is 15.1. The van der Waals surface area contributed by atoms with Crippen LogP contribution < -0.4 is 9.47 Å². The van der Waals surface area contributed by atoms with Gasteiger partial charge in [0.1, 0.15) is 12.2 Å². The van der Waals surface area contributed by atoms with Crippen molar-refractivity contribution in [3.8, 4) is 0 Å². The van der Waals surface area contributed by atoms with Crippen molar-refractivity contribution in [1.82, 2.24) is 0 Å². The van der Waals surface area contributed by atoms with Crippen LogP contribution >= 0.6 is 0 Å². The fourth-order valence-electron chi connectivity index (χ4n) is 2.87. The maximum Gasteiger partial charge on any atom is 0.192 e. The summed E-state index contributed by atoms with van der Waals surface area (Å²) >= 11 is 0. The smallest absolute Gasteiger partial charge is 0.192 e. The highest BCUT2D eigenvalue weighted by Crippen LogP contribution is 2.12. The number of nitrogens with zero attached hydrogens (tertiary/aromatic N) is 2. The zero-order valence-electron chi connectivity index (χ0n) is 17.9. The molecule has 2 nitrogen and oxygen atoms in total. The van der Waals surface area contributed by atoms with Gasteiger partial charge in [0.2, 0.25) is 0 Å². The number of allylic oxidation sites excluding steroid dienone is 6. The van der Waals surface area contributed by atoms with Gasteiger partial charge in [0.25, 0.3) is 0 Å². The first-order chi connectivity index (χ1) is 12.4. The predicted octanol–water partition coefficient (Wildman–Crippen LogP) is 6.24. The number of pyridine rings is 1. The molecule has 1 aromatic heterocycles. The van der Waals surface area contributed by atoms with Gasteiger partial charge in [0.15, 0.2) is 12.4 Å². The van der Waals surface area contributed by atoms with Crippen molar-refractivity contribution in [1.29, 1.82) is 0 Å². The van der Waals surface area contributed by atoms with Crippen LogP contribution in [0.3, 0.4) is 0 Å². The Bertz CT molecular complexity index is 617. The van der Waals surface area contributed by atoms with Gasteiger partial charge in [-0.3, -0.25) is 0 Å². The van der Waals surface area contributed by atoms with Crippen molar-refractivity contribution in [3.05, 3.63) is 59.5 Å². The Morgan fingerprint density at radius 2 is 1.54 bits per heavy atom. The first-order valence-corrected chi connectivity index (χ1v) is 9.99. The number of rotatable bonds is 11. The monoisotopic (exact) mass is 355 g/mol. The van der Waals surface area contributed by atoms with Gasteiger partial charge in [-0.1, -0.05) is 34.9 Å². The number of aryl methyl sites for hydroxylation is 1. The molecule has 0 aliphatic carbocycles. The van der Waals surface area contributed by atoms with E-state index in [1.807, 2.05) is 0 Å². The molecule has 26 heavy (non-hydrogen) atoms. The maximum absolute atomic E-state index is 2.42. The van der Waals surface area contributed by atoms with Gasteiger partial charge in [0, 0.05) is 26.6 Å². The topological polar surface area (TPSA) is 7.12 Å². The van der Waals surface area contributed by atoms with Crippen LogP contribution in [0.5, 0.6) is 0 Å². The zero-order chi connectivity index (χ0) is 19.4. The van der Waals surface area contributed by atoms with Gasteiger partial charge in [-0.2, -0.15) is 0 Å². The summed E-state index contributed by atoms with van der Waals surface area (Å²) in [5.41, 5.74) is 5.71. The fourth-order valence-corrected chi connectivity index (χ4v) is 2.87. The van der Waals surface area contributed by atoms with Crippen LogP contribution in [0.4, 0.5) is 5.69 Å². The van der Waals surface area contributed by atoms with Gasteiger partial charge < -0.3 is 4.90 Å². The molecule has 0 saturated carbocycles. The Morgan fingerprint density at radius 3 is 2.15 bits per heavy atom. The SMILES string of the molecule is CC(C)=CCC/C(C)=C\CC/C(C)=C\CCC[n+]1cccc(N(C)C)c1. The summed E-state index contributed by atoms with van der Waals surface area (Å²) in [6.45, 7) is 9.95. The minimum atomic E-state index is 1.08. The van der Waals surface area contributed by atoms with Crippen LogP contribution in [-0.4, -0.2) is 14.1 Å². The summed E-state index contributed by atoms with van der Waals surface area (Å²) in [6.07, 6.45) is 18.6. The second-order valence-corrected chi connectivity index (χ2v) is 7.80. The third-order valence-electron chi connectivity index (χ3n) is 4.59. The summed E-state index contributed by atoms with van der Waals surface area (Å²) < 4.78 is 2.29. The molecule has 1 heterocycles. The molecule has 0 radical (unpaired) electrons. The van der Waals surface area contributed by atoms with Crippen LogP contribution in [0.25, 0.3) is 0 Å². The standard InChI is InChI=1S/C24H39N2/c1-21(2)12-9-14-23(4)16-10-15-22(3)13-7-8-18-26-19-11-17-24(20-26)25(5)6/h11-13,16-17,19-20H,7-10,14-15,18H2,1-6H3/q+1/b22-13-,23-16-. The second-order valence-electron chi connectivity index (χ2n) is 7.80. The molecule has 0 fully saturated rings. The molecule has 0 N–H and O–H groups in total. The lowest BCUT2D eigenvalue weighted by Crippen LogP contribution is -2.33. The van der Waals surface area contributed by atoms with Crippen LogP contribution in [0.2, 0.25) is 0 Å². The van der Waals surface area contributed by atoms with Gasteiger partial charge >= 0.3 is 0 Å². The molecular weight excluding hydrogens is 316 g/mol. The molecular formula is C24H39N2+. The average molecular weight is 356 g/mol. The van der Waals surface area contributed by atoms with E-state index in [2.05, 4.69) is 94.0 Å². The molecule has 0 bridgehead atoms. The summed E-state index contributed by atoms with van der Waals surface area (Å²) in [4.78, 5) is 2.15. The summed E-state index contributed by atoms with van der Waals surface area (Å²) in [5.74, 6) is 0. The van der Waals surface area contributed by atoms with E-state index in [4.69, 9.17) is 0 Å². The molecule has 2 heteroatoms. The molecule has 144 valence electrons. The van der Waals surface area contributed by atoms with Gasteiger partial charge in [-0.25, -0.2) is 4.57 Å². The van der Waals surface area contributed by atoms with Crippen molar-refractivity contribution < 1.29 is 4.57 Å². The van der Waals surface area contributed by atoms with E-state index in [9.17, 15) is 0 Å². The van der Waals surface area contributed by atoms with E-state index in [0.717, 1.165) is 13.0 Å². The van der Waals surface area contributed by atoms with Crippen molar-refractivity contribution in [2.75, 3.05) is 19.0 Å². The van der Waals surface area contributed by atoms with Crippen molar-refractivity contribution in [2.45, 2.75) is 72.8 Å². The quantitative estimate of drug-likeness (QED) is 0.259. The highest BCUT2D eigenvalue weighted by Gasteiger charge is 2.03. The normalized spacial score (nSPS) is 12.2. The number of hydrogen-bond donors (Lipinski definition) is 0. The first-order valence-electron chi connectivity index (χ1n) is 9.99. The lowest BCUT2D eigenvalue weighted by atomic mass is 10.1. The molecule has 0 aromatic carbocycles. The molecule has 0 amide bonds. The van der Waals surface area contributed by atoms with E-state index in [1.165, 1.54) is 54.5 Å². The Hall–Kier alpha value is -1.83. The van der Waals surface area contributed by atoms with E-state index in [-0.39, 0.29) is 0 Å². The lowest BCUT2D eigenvalue weighted by molar-refractivity contribution is -0.696. The molecule has 0 aliphatic rings. The third kappa shape index (κ3) is 10.2. The molecule has 0 unspecified atom stereocenters. The Labute approximate surface area is 161 Å². The van der Waals surface area contributed by atoms with Crippen molar-refractivity contribution >= 4 is 5.69 Å². The van der Waals surface area contributed by atoms with E-state index in [1.54, 1.807) is 0 Å². The minimum absolute atomic E-state index is 1.08. The van der Waals surface area contributed by atoms with Crippen LogP contribution in [0.15, 0.2) is 59.5 Å². The molecule has 0 aliphatic heterocycles. The predicted molar refractivity (Wildman–Crippen MR) is 116 cm³/mol. The van der Waals surface area contributed by atoms with E-state index < -0.39 is 0 Å².